The van der Waals surface area contributed by atoms with E-state index in [9.17, 15) is 13.2 Å². The average Bonchev–Trinajstić information content (AvgIpc) is 2.73. The second kappa shape index (κ2) is 4.37. The highest BCUT2D eigenvalue weighted by Crippen LogP contribution is 2.34. The molecule has 0 radical (unpaired) electrons. The minimum Gasteiger partial charge on any atom is -0.461 e. The highest BCUT2D eigenvalue weighted by atomic mass is 19.4. The molecule has 94 valence electrons. The van der Waals surface area contributed by atoms with Gasteiger partial charge in [-0.3, -0.25) is 0 Å². The largest absolute Gasteiger partial charge is 0.461 e. The predicted octanol–water partition coefficient (Wildman–Crippen LogP) is 4.92. The van der Waals surface area contributed by atoms with Crippen LogP contribution in [0.2, 0.25) is 0 Å². The van der Waals surface area contributed by atoms with Gasteiger partial charge in [0.15, 0.2) is 0 Å². The van der Waals surface area contributed by atoms with Crippen LogP contribution in [-0.2, 0) is 6.18 Å². The van der Waals surface area contributed by atoms with Gasteiger partial charge in [-0.05, 0) is 36.8 Å². The minimum atomic E-state index is -4.35. The van der Waals surface area contributed by atoms with Crippen molar-refractivity contribution in [1.29, 1.82) is 0 Å². The van der Waals surface area contributed by atoms with Crippen molar-refractivity contribution in [3.63, 3.8) is 0 Å². The van der Waals surface area contributed by atoms with Crippen LogP contribution < -0.4 is 0 Å². The molecule has 1 heterocycles. The number of hydrogen-bond acceptors (Lipinski definition) is 1. The van der Waals surface area contributed by atoms with Crippen molar-refractivity contribution in [3.8, 4) is 11.3 Å². The highest BCUT2D eigenvalue weighted by molar-refractivity contribution is 5.72. The monoisotopic (exact) mass is 252 g/mol. The Hall–Kier alpha value is -1.97. The maximum atomic E-state index is 12.6. The summed E-state index contributed by atoms with van der Waals surface area (Å²) in [7, 11) is 0. The van der Waals surface area contributed by atoms with Crippen LogP contribution in [0.4, 0.5) is 13.2 Å². The molecule has 0 N–H and O–H groups in total. The fraction of sp³-hybridized carbons (Fsp3) is 0.143. The SMILES string of the molecule is C=Cc1cc(C(F)(F)F)ccc1-c1ccc(C)o1. The van der Waals surface area contributed by atoms with E-state index in [2.05, 4.69) is 6.58 Å². The molecular weight excluding hydrogens is 241 g/mol. The molecule has 1 aromatic heterocycles. The summed E-state index contributed by atoms with van der Waals surface area (Å²) in [6.45, 7) is 5.32. The van der Waals surface area contributed by atoms with E-state index in [0.717, 1.165) is 12.1 Å². The number of rotatable bonds is 2. The third-order valence-electron chi connectivity index (χ3n) is 2.60. The molecular formula is C14H11F3O. The van der Waals surface area contributed by atoms with E-state index < -0.39 is 11.7 Å². The van der Waals surface area contributed by atoms with E-state index in [4.69, 9.17) is 4.42 Å². The fourth-order valence-corrected chi connectivity index (χ4v) is 1.71. The molecule has 0 aliphatic carbocycles. The van der Waals surface area contributed by atoms with Crippen LogP contribution in [0.5, 0.6) is 0 Å². The summed E-state index contributed by atoms with van der Waals surface area (Å²) < 4.78 is 43.2. The highest BCUT2D eigenvalue weighted by Gasteiger charge is 2.30. The smallest absolute Gasteiger partial charge is 0.416 e. The lowest BCUT2D eigenvalue weighted by Crippen LogP contribution is -2.05. The number of furan rings is 1. The minimum absolute atomic E-state index is 0.402. The standard InChI is InChI=1S/C14H11F3O/c1-3-10-8-11(14(15,16)17)5-6-12(10)13-7-4-9(2)18-13/h3-8H,1H2,2H3. The molecule has 1 aromatic carbocycles. The van der Waals surface area contributed by atoms with Gasteiger partial charge in [0.2, 0.25) is 0 Å². The van der Waals surface area contributed by atoms with Gasteiger partial charge in [0.05, 0.1) is 5.56 Å². The molecule has 4 heteroatoms. The van der Waals surface area contributed by atoms with Gasteiger partial charge in [-0.25, -0.2) is 0 Å². The Bertz CT molecular complexity index is 579. The van der Waals surface area contributed by atoms with Gasteiger partial charge in [0.1, 0.15) is 11.5 Å². The van der Waals surface area contributed by atoms with Crippen LogP contribution in [-0.4, -0.2) is 0 Å². The van der Waals surface area contributed by atoms with Crippen molar-refractivity contribution in [3.05, 3.63) is 53.8 Å². The number of halogens is 3. The van der Waals surface area contributed by atoms with Crippen LogP contribution >= 0.6 is 0 Å². The topological polar surface area (TPSA) is 13.1 Å². The van der Waals surface area contributed by atoms with Crippen molar-refractivity contribution in [2.24, 2.45) is 0 Å². The number of aryl methyl sites for hydroxylation is 1. The summed E-state index contributed by atoms with van der Waals surface area (Å²) in [5, 5.41) is 0. The second-order valence-corrected chi connectivity index (χ2v) is 3.91. The van der Waals surface area contributed by atoms with Gasteiger partial charge in [-0.1, -0.05) is 18.7 Å². The lowest BCUT2D eigenvalue weighted by molar-refractivity contribution is -0.137. The first-order valence-corrected chi connectivity index (χ1v) is 5.32. The van der Waals surface area contributed by atoms with Gasteiger partial charge >= 0.3 is 6.18 Å². The number of hydrogen-bond donors (Lipinski definition) is 0. The van der Waals surface area contributed by atoms with Gasteiger partial charge in [0.25, 0.3) is 0 Å². The van der Waals surface area contributed by atoms with Gasteiger partial charge in [-0.2, -0.15) is 13.2 Å². The molecule has 0 atom stereocenters. The quantitative estimate of drug-likeness (QED) is 0.739. The van der Waals surface area contributed by atoms with E-state index in [1.54, 1.807) is 19.1 Å². The fourth-order valence-electron chi connectivity index (χ4n) is 1.71. The first kappa shape index (κ1) is 12.5. The van der Waals surface area contributed by atoms with E-state index in [1.807, 2.05) is 0 Å². The summed E-state index contributed by atoms with van der Waals surface area (Å²) in [6, 6.07) is 7.00. The van der Waals surface area contributed by atoms with Crippen molar-refractivity contribution in [1.82, 2.24) is 0 Å². The van der Waals surface area contributed by atoms with Gasteiger partial charge in [-0.15, -0.1) is 0 Å². The van der Waals surface area contributed by atoms with Gasteiger partial charge in [0, 0.05) is 5.56 Å². The molecule has 2 rings (SSSR count). The van der Waals surface area contributed by atoms with E-state index in [0.29, 0.717) is 22.6 Å². The molecule has 0 amide bonds. The molecule has 0 aliphatic heterocycles. The van der Waals surface area contributed by atoms with E-state index in [1.165, 1.54) is 12.1 Å². The number of benzene rings is 1. The molecule has 0 bridgehead atoms. The summed E-state index contributed by atoms with van der Waals surface area (Å²) in [5.74, 6) is 1.25. The van der Waals surface area contributed by atoms with Crippen LogP contribution in [0.25, 0.3) is 17.4 Å². The molecule has 0 aliphatic rings. The Labute approximate surface area is 103 Å². The van der Waals surface area contributed by atoms with Crippen LogP contribution in [0.15, 0.2) is 41.3 Å². The van der Waals surface area contributed by atoms with Crippen LogP contribution in [0.1, 0.15) is 16.9 Å². The number of alkyl halides is 3. The Morgan fingerprint density at radius 3 is 2.39 bits per heavy atom. The Kier molecular flexibility index (Phi) is 3.03. The third kappa shape index (κ3) is 2.32. The lowest BCUT2D eigenvalue weighted by Gasteiger charge is -2.10. The van der Waals surface area contributed by atoms with E-state index in [-0.39, 0.29) is 0 Å². The molecule has 0 unspecified atom stereocenters. The molecule has 0 fully saturated rings. The maximum absolute atomic E-state index is 12.6. The summed E-state index contributed by atoms with van der Waals surface area (Å²) >= 11 is 0. The average molecular weight is 252 g/mol. The molecule has 0 saturated carbocycles. The zero-order valence-corrected chi connectivity index (χ0v) is 9.71. The Balaban J connectivity index is 2.54. The van der Waals surface area contributed by atoms with E-state index >= 15 is 0 Å². The first-order valence-electron chi connectivity index (χ1n) is 5.32. The molecule has 1 nitrogen and oxygen atoms in total. The third-order valence-corrected chi connectivity index (χ3v) is 2.60. The van der Waals surface area contributed by atoms with Crippen molar-refractivity contribution in [2.75, 3.05) is 0 Å². The summed E-state index contributed by atoms with van der Waals surface area (Å²) in [5.41, 5.74) is 0.315. The van der Waals surface area contributed by atoms with Crippen molar-refractivity contribution < 1.29 is 17.6 Å². The normalized spacial score (nSPS) is 11.6. The zero-order valence-electron chi connectivity index (χ0n) is 9.71. The van der Waals surface area contributed by atoms with Crippen LogP contribution in [0.3, 0.4) is 0 Å². The predicted molar refractivity (Wildman–Crippen MR) is 64.0 cm³/mol. The first-order chi connectivity index (χ1) is 8.41. The molecule has 0 saturated heterocycles. The zero-order chi connectivity index (χ0) is 13.3. The van der Waals surface area contributed by atoms with Crippen LogP contribution in [0, 0.1) is 6.92 Å². The van der Waals surface area contributed by atoms with Crippen molar-refractivity contribution >= 4 is 6.08 Å². The lowest BCUT2D eigenvalue weighted by atomic mass is 10.0. The molecule has 0 spiro atoms. The Morgan fingerprint density at radius 1 is 1.17 bits per heavy atom. The maximum Gasteiger partial charge on any atom is 0.416 e. The molecule has 18 heavy (non-hydrogen) atoms. The van der Waals surface area contributed by atoms with Crippen molar-refractivity contribution in [2.45, 2.75) is 13.1 Å². The van der Waals surface area contributed by atoms with Gasteiger partial charge < -0.3 is 4.42 Å². The molecule has 2 aromatic rings. The summed E-state index contributed by atoms with van der Waals surface area (Å²) in [6.07, 6.45) is -2.96. The Morgan fingerprint density at radius 2 is 1.89 bits per heavy atom. The summed E-state index contributed by atoms with van der Waals surface area (Å²) in [4.78, 5) is 0. The second-order valence-electron chi connectivity index (χ2n) is 3.91.